The molecular weight excluding hydrogens is 370 g/mol. The number of nitrogens with zero attached hydrogens (tertiary/aromatic N) is 2. The minimum atomic E-state index is -0.406. The first-order valence-corrected chi connectivity index (χ1v) is 10.8. The molecule has 0 aliphatic heterocycles. The van der Waals surface area contributed by atoms with Gasteiger partial charge in [0.15, 0.2) is 4.34 Å². The SMILES string of the molecule is CC(NC(=O)CSc1nc2ccc([N+](=O)[O-])cc2s1)C1CC2CCC1C2. The lowest BCUT2D eigenvalue weighted by molar-refractivity contribution is -0.384. The van der Waals surface area contributed by atoms with Crippen LogP contribution in [0, 0.1) is 27.9 Å². The Hall–Kier alpha value is -1.67. The molecule has 1 amide bonds. The number of nitrogens with one attached hydrogen (secondary N) is 1. The van der Waals surface area contributed by atoms with E-state index in [1.165, 1.54) is 60.9 Å². The largest absolute Gasteiger partial charge is 0.353 e. The summed E-state index contributed by atoms with van der Waals surface area (Å²) in [5, 5.41) is 14.0. The molecule has 1 N–H and O–H groups in total. The van der Waals surface area contributed by atoms with Crippen LogP contribution in [0.15, 0.2) is 22.5 Å². The van der Waals surface area contributed by atoms with Crippen molar-refractivity contribution >= 4 is 44.9 Å². The van der Waals surface area contributed by atoms with E-state index in [1.54, 1.807) is 6.07 Å². The van der Waals surface area contributed by atoms with Crippen LogP contribution in [0.5, 0.6) is 0 Å². The maximum Gasteiger partial charge on any atom is 0.270 e. The molecule has 2 saturated carbocycles. The smallest absolute Gasteiger partial charge is 0.270 e. The molecule has 26 heavy (non-hydrogen) atoms. The molecule has 1 aromatic heterocycles. The maximum atomic E-state index is 12.3. The minimum absolute atomic E-state index is 0.0375. The fraction of sp³-hybridized carbons (Fsp3) is 0.556. The van der Waals surface area contributed by atoms with Gasteiger partial charge in [-0.05, 0) is 50.0 Å². The summed E-state index contributed by atoms with van der Waals surface area (Å²) in [6, 6.07) is 4.89. The van der Waals surface area contributed by atoms with Gasteiger partial charge in [-0.2, -0.15) is 0 Å². The molecule has 8 heteroatoms. The molecule has 0 spiro atoms. The summed E-state index contributed by atoms with van der Waals surface area (Å²) in [4.78, 5) is 27.2. The van der Waals surface area contributed by atoms with Gasteiger partial charge >= 0.3 is 0 Å². The number of nitro benzene ring substituents is 1. The second-order valence-corrected chi connectivity index (χ2v) is 9.63. The van der Waals surface area contributed by atoms with Crippen molar-refractivity contribution < 1.29 is 9.72 Å². The van der Waals surface area contributed by atoms with Gasteiger partial charge in [-0.1, -0.05) is 18.2 Å². The summed E-state index contributed by atoms with van der Waals surface area (Å²) in [6.45, 7) is 2.13. The summed E-state index contributed by atoms with van der Waals surface area (Å²) in [7, 11) is 0. The highest BCUT2D eigenvalue weighted by molar-refractivity contribution is 8.01. The van der Waals surface area contributed by atoms with Crippen LogP contribution in [-0.4, -0.2) is 27.6 Å². The van der Waals surface area contributed by atoms with E-state index in [2.05, 4.69) is 17.2 Å². The summed E-state index contributed by atoms with van der Waals surface area (Å²) < 4.78 is 1.54. The van der Waals surface area contributed by atoms with Crippen molar-refractivity contribution in [2.45, 2.75) is 43.0 Å². The quantitative estimate of drug-likeness (QED) is 0.452. The molecule has 0 radical (unpaired) electrons. The number of hydrogen-bond acceptors (Lipinski definition) is 6. The Labute approximate surface area is 159 Å². The molecule has 2 aliphatic carbocycles. The number of carbonyl (C=O) groups excluding carboxylic acids is 1. The molecule has 1 aromatic carbocycles. The van der Waals surface area contributed by atoms with Gasteiger partial charge in [-0.15, -0.1) is 11.3 Å². The fourth-order valence-corrected chi connectivity index (χ4v) is 6.42. The van der Waals surface area contributed by atoms with E-state index in [1.807, 2.05) is 0 Å². The number of nitro groups is 1. The number of hydrogen-bond donors (Lipinski definition) is 1. The first-order valence-electron chi connectivity index (χ1n) is 8.96. The summed E-state index contributed by atoms with van der Waals surface area (Å²) in [5.41, 5.74) is 0.800. The monoisotopic (exact) mass is 391 g/mol. The number of carbonyl (C=O) groups is 1. The topological polar surface area (TPSA) is 85.1 Å². The zero-order chi connectivity index (χ0) is 18.3. The molecular formula is C18H21N3O3S2. The number of amides is 1. The second-order valence-electron chi connectivity index (χ2n) is 7.37. The van der Waals surface area contributed by atoms with Crippen molar-refractivity contribution in [3.8, 4) is 0 Å². The molecule has 4 unspecified atom stereocenters. The van der Waals surface area contributed by atoms with E-state index in [0.717, 1.165) is 26.4 Å². The highest BCUT2D eigenvalue weighted by Gasteiger charge is 2.42. The number of benzene rings is 1. The third-order valence-electron chi connectivity index (χ3n) is 5.71. The average molecular weight is 392 g/mol. The normalized spacial score (nSPS) is 25.5. The van der Waals surface area contributed by atoms with Crippen LogP contribution < -0.4 is 5.32 Å². The molecule has 4 atom stereocenters. The summed E-state index contributed by atoms with van der Waals surface area (Å²) >= 11 is 2.79. The van der Waals surface area contributed by atoms with E-state index >= 15 is 0 Å². The molecule has 2 fully saturated rings. The van der Waals surface area contributed by atoms with Gasteiger partial charge in [0.25, 0.3) is 5.69 Å². The third kappa shape index (κ3) is 3.57. The highest BCUT2D eigenvalue weighted by Crippen LogP contribution is 2.49. The molecule has 2 bridgehead atoms. The van der Waals surface area contributed by atoms with Crippen molar-refractivity contribution in [2.75, 3.05) is 5.75 Å². The van der Waals surface area contributed by atoms with Crippen LogP contribution >= 0.6 is 23.1 Å². The second kappa shape index (κ2) is 7.15. The lowest BCUT2D eigenvalue weighted by Crippen LogP contribution is -2.40. The van der Waals surface area contributed by atoms with E-state index in [0.29, 0.717) is 11.7 Å². The lowest BCUT2D eigenvalue weighted by atomic mass is 9.84. The van der Waals surface area contributed by atoms with Crippen molar-refractivity contribution in [3.05, 3.63) is 28.3 Å². The summed E-state index contributed by atoms with van der Waals surface area (Å²) in [6.07, 6.45) is 5.29. The highest BCUT2D eigenvalue weighted by atomic mass is 32.2. The number of aromatic nitrogens is 1. The Morgan fingerprint density at radius 3 is 3.00 bits per heavy atom. The van der Waals surface area contributed by atoms with Gasteiger partial charge in [0.05, 0.1) is 20.9 Å². The van der Waals surface area contributed by atoms with Crippen molar-refractivity contribution in [3.63, 3.8) is 0 Å². The van der Waals surface area contributed by atoms with Gasteiger partial charge in [0, 0.05) is 18.2 Å². The van der Waals surface area contributed by atoms with Crippen LogP contribution in [-0.2, 0) is 4.79 Å². The van der Waals surface area contributed by atoms with Crippen molar-refractivity contribution in [1.29, 1.82) is 0 Å². The lowest BCUT2D eigenvalue weighted by Gasteiger charge is -2.28. The van der Waals surface area contributed by atoms with Gasteiger partial charge in [0.2, 0.25) is 5.91 Å². The molecule has 1 heterocycles. The number of non-ortho nitro benzene ring substituents is 1. The standard InChI is InChI=1S/C18H21N3O3S2/c1-10(14-7-11-2-3-12(14)6-11)19-17(22)9-25-18-20-15-5-4-13(21(23)24)8-16(15)26-18/h4-5,8,10-12,14H,2-3,6-7,9H2,1H3,(H,19,22). The molecule has 0 saturated heterocycles. The molecule has 4 rings (SSSR count). The zero-order valence-electron chi connectivity index (χ0n) is 14.5. The zero-order valence-corrected chi connectivity index (χ0v) is 16.1. The number of fused-ring (bicyclic) bond motifs is 3. The Kier molecular flexibility index (Phi) is 4.88. The van der Waals surface area contributed by atoms with Crippen LogP contribution in [0.2, 0.25) is 0 Å². The molecule has 6 nitrogen and oxygen atoms in total. The summed E-state index contributed by atoms with van der Waals surface area (Å²) in [5.74, 6) is 2.67. The van der Waals surface area contributed by atoms with E-state index in [4.69, 9.17) is 0 Å². The Balaban J connectivity index is 1.32. The maximum absolute atomic E-state index is 12.3. The number of thiazole rings is 1. The number of rotatable bonds is 6. The minimum Gasteiger partial charge on any atom is -0.353 e. The van der Waals surface area contributed by atoms with Crippen LogP contribution in [0.3, 0.4) is 0 Å². The van der Waals surface area contributed by atoms with E-state index in [-0.39, 0.29) is 17.6 Å². The van der Waals surface area contributed by atoms with Gasteiger partial charge in [0.1, 0.15) is 0 Å². The van der Waals surface area contributed by atoms with Gasteiger partial charge < -0.3 is 5.32 Å². The molecule has 2 aliphatic rings. The predicted molar refractivity (Wildman–Crippen MR) is 104 cm³/mol. The Morgan fingerprint density at radius 2 is 2.31 bits per heavy atom. The predicted octanol–water partition coefficient (Wildman–Crippen LogP) is 4.24. The van der Waals surface area contributed by atoms with Crippen LogP contribution in [0.4, 0.5) is 5.69 Å². The van der Waals surface area contributed by atoms with Gasteiger partial charge in [-0.25, -0.2) is 4.98 Å². The molecule has 138 valence electrons. The Morgan fingerprint density at radius 1 is 1.46 bits per heavy atom. The van der Waals surface area contributed by atoms with Crippen LogP contribution in [0.25, 0.3) is 10.2 Å². The first-order chi connectivity index (χ1) is 12.5. The van der Waals surface area contributed by atoms with Crippen molar-refractivity contribution in [1.82, 2.24) is 10.3 Å². The van der Waals surface area contributed by atoms with Crippen LogP contribution in [0.1, 0.15) is 32.6 Å². The van der Waals surface area contributed by atoms with E-state index < -0.39 is 4.92 Å². The first kappa shape index (κ1) is 17.7. The fourth-order valence-electron chi connectivity index (χ4n) is 4.50. The Bertz CT molecular complexity index is 853. The number of thioether (sulfide) groups is 1. The molecule has 2 aromatic rings. The van der Waals surface area contributed by atoms with Gasteiger partial charge in [-0.3, -0.25) is 14.9 Å². The van der Waals surface area contributed by atoms with E-state index in [9.17, 15) is 14.9 Å². The average Bonchev–Trinajstić information content (AvgIpc) is 3.33. The van der Waals surface area contributed by atoms with Crippen molar-refractivity contribution in [2.24, 2.45) is 17.8 Å². The third-order valence-corrected chi connectivity index (χ3v) is 7.87.